The second kappa shape index (κ2) is 8.27. The van der Waals surface area contributed by atoms with Crippen LogP contribution in [0.5, 0.6) is 0 Å². The molecule has 1 amide bonds. The minimum absolute atomic E-state index is 0.196. The number of nitrogens with zero attached hydrogens (tertiary/aromatic N) is 1. The van der Waals surface area contributed by atoms with Gasteiger partial charge in [-0.2, -0.15) is 4.31 Å². The van der Waals surface area contributed by atoms with Crippen LogP contribution in [0.2, 0.25) is 0 Å². The Kier molecular flexibility index (Phi) is 6.33. The summed E-state index contributed by atoms with van der Waals surface area (Å²) in [6, 6.07) is 14.5. The van der Waals surface area contributed by atoms with E-state index in [4.69, 9.17) is 0 Å². The maximum Gasteiger partial charge on any atom is 0.243 e. The largest absolute Gasteiger partial charge is 0.351 e. The fourth-order valence-corrected chi connectivity index (χ4v) is 3.87. The summed E-state index contributed by atoms with van der Waals surface area (Å²) in [5.41, 5.74) is 3.08. The number of aryl methyl sites for hydroxylation is 2. The Bertz CT molecular complexity index is 830. The van der Waals surface area contributed by atoms with Gasteiger partial charge in [0, 0.05) is 13.1 Å². The van der Waals surface area contributed by atoms with E-state index in [1.165, 1.54) is 4.31 Å². The third kappa shape index (κ3) is 5.14. The second-order valence-corrected chi connectivity index (χ2v) is 7.95. The molecule has 0 saturated heterocycles. The topological polar surface area (TPSA) is 66.5 Å². The van der Waals surface area contributed by atoms with E-state index in [2.05, 4.69) is 5.32 Å². The van der Waals surface area contributed by atoms with E-state index >= 15 is 0 Å². The fourth-order valence-electron chi connectivity index (χ4n) is 2.46. The highest BCUT2D eigenvalue weighted by atomic mass is 32.2. The van der Waals surface area contributed by atoms with Crippen LogP contribution in [0.25, 0.3) is 0 Å². The summed E-state index contributed by atoms with van der Waals surface area (Å²) in [5.74, 6) is -0.320. The summed E-state index contributed by atoms with van der Waals surface area (Å²) in [7, 11) is -3.68. The van der Waals surface area contributed by atoms with E-state index < -0.39 is 10.0 Å². The zero-order chi connectivity index (χ0) is 18.4. The summed E-state index contributed by atoms with van der Waals surface area (Å²) in [4.78, 5) is 12.4. The lowest BCUT2D eigenvalue weighted by molar-refractivity contribution is -0.121. The molecule has 0 bridgehead atoms. The lowest BCUT2D eigenvalue weighted by Gasteiger charge is -2.20. The Labute approximate surface area is 149 Å². The number of likely N-dealkylation sites (N-methyl/N-ethyl adjacent to an activating group) is 1. The van der Waals surface area contributed by atoms with Gasteiger partial charge in [-0.1, -0.05) is 54.4 Å². The van der Waals surface area contributed by atoms with E-state index in [9.17, 15) is 13.2 Å². The lowest BCUT2D eigenvalue weighted by Crippen LogP contribution is -2.40. The second-order valence-electron chi connectivity index (χ2n) is 6.01. The zero-order valence-electron chi connectivity index (χ0n) is 14.8. The highest BCUT2D eigenvalue weighted by Gasteiger charge is 2.24. The van der Waals surface area contributed by atoms with Crippen LogP contribution in [-0.4, -0.2) is 31.7 Å². The van der Waals surface area contributed by atoms with Gasteiger partial charge in [0.25, 0.3) is 0 Å². The van der Waals surface area contributed by atoms with E-state index in [-0.39, 0.29) is 23.9 Å². The summed E-state index contributed by atoms with van der Waals surface area (Å²) < 4.78 is 26.5. The van der Waals surface area contributed by atoms with Crippen LogP contribution in [0, 0.1) is 13.8 Å². The molecule has 0 atom stereocenters. The molecule has 134 valence electrons. The molecule has 0 saturated carbocycles. The standard InChI is InChI=1S/C19H24N2O3S/c1-4-21(25(23,24)18-10-8-15(2)9-11-18)14-19(22)20-13-17-7-5-6-16(3)12-17/h5-12H,4,13-14H2,1-3H3,(H,20,22). The van der Waals surface area contributed by atoms with Crippen LogP contribution >= 0.6 is 0 Å². The lowest BCUT2D eigenvalue weighted by atomic mass is 10.1. The normalized spacial score (nSPS) is 11.5. The zero-order valence-corrected chi connectivity index (χ0v) is 15.6. The number of carbonyl (C=O) groups excluding carboxylic acids is 1. The molecule has 2 aromatic carbocycles. The summed E-state index contributed by atoms with van der Waals surface area (Å²) in [6.07, 6.45) is 0. The quantitative estimate of drug-likeness (QED) is 0.825. The monoisotopic (exact) mass is 360 g/mol. The van der Waals surface area contributed by atoms with Crippen LogP contribution in [-0.2, 0) is 21.4 Å². The highest BCUT2D eigenvalue weighted by molar-refractivity contribution is 7.89. The van der Waals surface area contributed by atoms with Crippen molar-refractivity contribution in [3.05, 3.63) is 65.2 Å². The van der Waals surface area contributed by atoms with Crippen molar-refractivity contribution in [1.29, 1.82) is 0 Å². The third-order valence-electron chi connectivity index (χ3n) is 3.90. The maximum absolute atomic E-state index is 12.7. The molecule has 0 fully saturated rings. The molecule has 25 heavy (non-hydrogen) atoms. The Morgan fingerprint density at radius 3 is 2.32 bits per heavy atom. The molecule has 2 rings (SSSR count). The predicted molar refractivity (Wildman–Crippen MR) is 98.6 cm³/mol. The number of hydrogen-bond acceptors (Lipinski definition) is 3. The molecular weight excluding hydrogens is 336 g/mol. The Balaban J connectivity index is 2.02. The molecule has 0 spiro atoms. The molecule has 0 aliphatic heterocycles. The van der Waals surface area contributed by atoms with Crippen molar-refractivity contribution in [3.63, 3.8) is 0 Å². The van der Waals surface area contributed by atoms with Crippen LogP contribution in [0.15, 0.2) is 53.4 Å². The number of benzene rings is 2. The summed E-state index contributed by atoms with van der Waals surface area (Å²) in [6.45, 7) is 6.01. The van der Waals surface area contributed by atoms with Gasteiger partial charge in [0.05, 0.1) is 11.4 Å². The molecular formula is C19H24N2O3S. The predicted octanol–water partition coefficient (Wildman–Crippen LogP) is 2.63. The van der Waals surface area contributed by atoms with E-state index in [0.29, 0.717) is 6.54 Å². The number of hydrogen-bond donors (Lipinski definition) is 1. The molecule has 6 heteroatoms. The minimum Gasteiger partial charge on any atom is -0.351 e. The maximum atomic E-state index is 12.7. The number of carbonyl (C=O) groups is 1. The Morgan fingerprint density at radius 1 is 1.04 bits per heavy atom. The molecule has 5 nitrogen and oxygen atoms in total. The molecule has 0 aliphatic carbocycles. The molecule has 1 N–H and O–H groups in total. The van der Waals surface area contributed by atoms with Crippen LogP contribution in [0.3, 0.4) is 0 Å². The molecule has 0 heterocycles. The van der Waals surface area contributed by atoms with Gasteiger partial charge in [0.2, 0.25) is 15.9 Å². The first-order chi connectivity index (χ1) is 11.8. The third-order valence-corrected chi connectivity index (χ3v) is 5.84. The molecule has 0 aromatic heterocycles. The van der Waals surface area contributed by atoms with Crippen molar-refractivity contribution in [2.24, 2.45) is 0 Å². The van der Waals surface area contributed by atoms with E-state index in [1.807, 2.05) is 38.1 Å². The van der Waals surface area contributed by atoms with Gasteiger partial charge >= 0.3 is 0 Å². The van der Waals surface area contributed by atoms with E-state index in [1.54, 1.807) is 31.2 Å². The number of amides is 1. The van der Waals surface area contributed by atoms with Gasteiger partial charge in [-0.3, -0.25) is 4.79 Å². The van der Waals surface area contributed by atoms with Gasteiger partial charge in [-0.25, -0.2) is 8.42 Å². The van der Waals surface area contributed by atoms with Crippen molar-refractivity contribution < 1.29 is 13.2 Å². The van der Waals surface area contributed by atoms with Gasteiger partial charge < -0.3 is 5.32 Å². The molecule has 0 unspecified atom stereocenters. The molecule has 0 radical (unpaired) electrons. The average Bonchev–Trinajstić information content (AvgIpc) is 2.58. The molecule has 2 aromatic rings. The van der Waals surface area contributed by atoms with Crippen molar-refractivity contribution in [2.45, 2.75) is 32.2 Å². The van der Waals surface area contributed by atoms with Crippen molar-refractivity contribution in [2.75, 3.05) is 13.1 Å². The smallest absolute Gasteiger partial charge is 0.243 e. The Hall–Kier alpha value is -2.18. The average molecular weight is 360 g/mol. The highest BCUT2D eigenvalue weighted by Crippen LogP contribution is 2.16. The first kappa shape index (κ1) is 19.1. The summed E-state index contributed by atoms with van der Waals surface area (Å²) in [5, 5.41) is 2.78. The van der Waals surface area contributed by atoms with Gasteiger partial charge in [-0.05, 0) is 31.5 Å². The van der Waals surface area contributed by atoms with Crippen LogP contribution in [0.4, 0.5) is 0 Å². The van der Waals surface area contributed by atoms with Crippen molar-refractivity contribution in [1.82, 2.24) is 9.62 Å². The van der Waals surface area contributed by atoms with Gasteiger partial charge in [-0.15, -0.1) is 0 Å². The van der Waals surface area contributed by atoms with Crippen LogP contribution < -0.4 is 5.32 Å². The first-order valence-corrected chi connectivity index (χ1v) is 9.66. The fraction of sp³-hybridized carbons (Fsp3) is 0.316. The first-order valence-electron chi connectivity index (χ1n) is 8.22. The van der Waals surface area contributed by atoms with Crippen LogP contribution in [0.1, 0.15) is 23.6 Å². The SMILES string of the molecule is CCN(CC(=O)NCc1cccc(C)c1)S(=O)(=O)c1ccc(C)cc1. The summed E-state index contributed by atoms with van der Waals surface area (Å²) >= 11 is 0. The molecule has 0 aliphatic rings. The van der Waals surface area contributed by atoms with Crippen molar-refractivity contribution >= 4 is 15.9 Å². The Morgan fingerprint density at radius 2 is 1.72 bits per heavy atom. The van der Waals surface area contributed by atoms with Crippen molar-refractivity contribution in [3.8, 4) is 0 Å². The number of sulfonamides is 1. The number of rotatable bonds is 7. The van der Waals surface area contributed by atoms with Gasteiger partial charge in [0.1, 0.15) is 0 Å². The number of nitrogens with one attached hydrogen (secondary N) is 1. The minimum atomic E-state index is -3.68. The van der Waals surface area contributed by atoms with E-state index in [0.717, 1.165) is 16.7 Å². The van der Waals surface area contributed by atoms with Gasteiger partial charge in [0.15, 0.2) is 0 Å².